The minimum atomic E-state index is -0.203. The van der Waals surface area contributed by atoms with Crippen LogP contribution in [0.1, 0.15) is 18.7 Å². The maximum atomic E-state index is 14.8. The monoisotopic (exact) mass is 462 g/mol. The molecule has 4 aromatic carbocycles. The van der Waals surface area contributed by atoms with Gasteiger partial charge in [0.15, 0.2) is 0 Å². The van der Waals surface area contributed by atoms with Gasteiger partial charge in [0.25, 0.3) is 0 Å². The van der Waals surface area contributed by atoms with Gasteiger partial charge >= 0.3 is 0 Å². The van der Waals surface area contributed by atoms with Crippen LogP contribution in [0.5, 0.6) is 0 Å². The molecule has 2 aromatic heterocycles. The smallest absolute Gasteiger partial charge is 0.146 e. The fourth-order valence-corrected chi connectivity index (χ4v) is 5.07. The number of nitrogens with one attached hydrogen (secondary N) is 1. The highest BCUT2D eigenvalue weighted by Crippen LogP contribution is 2.29. The lowest BCUT2D eigenvalue weighted by atomic mass is 10.2. The molecule has 0 amide bonds. The summed E-state index contributed by atoms with van der Waals surface area (Å²) in [6.45, 7) is 2.20. The summed E-state index contributed by atoms with van der Waals surface area (Å²) in [5.41, 5.74) is 5.08. The molecule has 0 saturated heterocycles. The Morgan fingerprint density at radius 1 is 0.743 bits per heavy atom. The highest BCUT2D eigenvalue weighted by Gasteiger charge is 2.15. The lowest BCUT2D eigenvalue weighted by Crippen LogP contribution is -2.25. The Labute approximate surface area is 203 Å². The van der Waals surface area contributed by atoms with Crippen molar-refractivity contribution in [3.8, 4) is 0 Å². The third-order valence-electron chi connectivity index (χ3n) is 6.71. The van der Waals surface area contributed by atoms with Gasteiger partial charge in [0, 0.05) is 34.9 Å². The van der Waals surface area contributed by atoms with Crippen molar-refractivity contribution in [1.29, 1.82) is 0 Å². The zero-order chi connectivity index (χ0) is 23.6. The van der Waals surface area contributed by atoms with Gasteiger partial charge in [0.05, 0.1) is 23.3 Å². The normalized spacial score (nSPS) is 11.6. The molecule has 0 saturated carbocycles. The third kappa shape index (κ3) is 4.14. The second kappa shape index (κ2) is 9.26. The summed E-state index contributed by atoms with van der Waals surface area (Å²) >= 11 is 0. The van der Waals surface area contributed by atoms with Gasteiger partial charge in [0.1, 0.15) is 11.6 Å². The van der Waals surface area contributed by atoms with E-state index in [0.717, 1.165) is 42.8 Å². The van der Waals surface area contributed by atoms with Crippen LogP contribution in [0.25, 0.3) is 32.8 Å². The number of aromatic nitrogens is 3. The molecule has 6 rings (SSSR count). The molecule has 0 aliphatic heterocycles. The average Bonchev–Trinajstić information content (AvgIpc) is 3.45. The Kier molecular flexibility index (Phi) is 5.67. The van der Waals surface area contributed by atoms with Gasteiger partial charge in [-0.05, 0) is 49.2 Å². The number of aryl methyl sites for hydroxylation is 1. The predicted octanol–water partition coefficient (Wildman–Crippen LogP) is 7.30. The van der Waals surface area contributed by atoms with E-state index in [4.69, 9.17) is 4.98 Å². The molecule has 5 heteroatoms. The summed E-state index contributed by atoms with van der Waals surface area (Å²) in [5.74, 6) is 0.642. The standard InChI is InChI=1S/C30H27FN4/c31-24-13-3-8-18-29(24)34(21-30-32-25-14-4-5-15-26(25)33-30)19-9-10-20-35-27-16-6-1-11-22(27)23-12-2-7-17-28(23)35/h1-8,11-18H,9-10,19-21H2,(H,32,33). The fourth-order valence-electron chi connectivity index (χ4n) is 5.07. The second-order valence-electron chi connectivity index (χ2n) is 8.97. The lowest BCUT2D eigenvalue weighted by Gasteiger charge is -2.24. The van der Waals surface area contributed by atoms with Crippen LogP contribution in [0.15, 0.2) is 97.1 Å². The fraction of sp³-hybridized carbons (Fsp3) is 0.167. The summed E-state index contributed by atoms with van der Waals surface area (Å²) in [5, 5.41) is 2.59. The number of H-pyrrole nitrogens is 1. The number of benzene rings is 4. The summed E-state index contributed by atoms with van der Waals surface area (Å²) in [7, 11) is 0. The molecule has 0 atom stereocenters. The maximum Gasteiger partial charge on any atom is 0.146 e. The van der Waals surface area contributed by atoms with E-state index in [1.807, 2.05) is 36.4 Å². The molecule has 174 valence electrons. The van der Waals surface area contributed by atoms with Gasteiger partial charge < -0.3 is 14.5 Å². The number of unbranched alkanes of at least 4 members (excludes halogenated alkanes) is 1. The van der Waals surface area contributed by atoms with E-state index in [-0.39, 0.29) is 5.82 Å². The van der Waals surface area contributed by atoms with E-state index in [9.17, 15) is 4.39 Å². The van der Waals surface area contributed by atoms with Gasteiger partial charge in [-0.2, -0.15) is 0 Å². The third-order valence-corrected chi connectivity index (χ3v) is 6.71. The molecule has 0 fully saturated rings. The molecule has 2 heterocycles. The Morgan fingerprint density at radius 3 is 2.14 bits per heavy atom. The Hall–Kier alpha value is -4.12. The highest BCUT2D eigenvalue weighted by molar-refractivity contribution is 6.07. The van der Waals surface area contributed by atoms with Crippen molar-refractivity contribution in [2.45, 2.75) is 25.9 Å². The molecular formula is C30H27FN4. The van der Waals surface area contributed by atoms with Crippen molar-refractivity contribution < 1.29 is 4.39 Å². The van der Waals surface area contributed by atoms with Crippen LogP contribution in [0, 0.1) is 5.82 Å². The van der Waals surface area contributed by atoms with E-state index >= 15 is 0 Å². The molecule has 4 nitrogen and oxygen atoms in total. The van der Waals surface area contributed by atoms with Gasteiger partial charge in [0.2, 0.25) is 0 Å². The van der Waals surface area contributed by atoms with Crippen LogP contribution in [0.2, 0.25) is 0 Å². The van der Waals surface area contributed by atoms with Crippen LogP contribution in [-0.4, -0.2) is 21.1 Å². The van der Waals surface area contributed by atoms with Crippen molar-refractivity contribution in [1.82, 2.24) is 14.5 Å². The minimum Gasteiger partial charge on any atom is -0.362 e. The molecular weight excluding hydrogens is 435 g/mol. The number of nitrogens with zero attached hydrogens (tertiary/aromatic N) is 3. The molecule has 35 heavy (non-hydrogen) atoms. The summed E-state index contributed by atoms with van der Waals surface area (Å²) < 4.78 is 17.2. The number of anilines is 1. The van der Waals surface area contributed by atoms with E-state index < -0.39 is 0 Å². The molecule has 0 aliphatic carbocycles. The van der Waals surface area contributed by atoms with Crippen LogP contribution in [0.3, 0.4) is 0 Å². The first kappa shape index (κ1) is 21.4. The number of aromatic amines is 1. The van der Waals surface area contributed by atoms with Gasteiger partial charge in [-0.15, -0.1) is 0 Å². The number of rotatable bonds is 8. The van der Waals surface area contributed by atoms with E-state index in [1.165, 1.54) is 27.9 Å². The van der Waals surface area contributed by atoms with Crippen LogP contribution < -0.4 is 4.90 Å². The summed E-state index contributed by atoms with van der Waals surface area (Å²) in [6, 6.07) is 32.2. The zero-order valence-electron chi connectivity index (χ0n) is 19.5. The van der Waals surface area contributed by atoms with E-state index in [0.29, 0.717) is 12.2 Å². The van der Waals surface area contributed by atoms with Gasteiger partial charge in [-0.3, -0.25) is 0 Å². The number of halogens is 1. The topological polar surface area (TPSA) is 36.9 Å². The first-order valence-electron chi connectivity index (χ1n) is 12.2. The quantitative estimate of drug-likeness (QED) is 0.241. The molecule has 1 N–H and O–H groups in total. The Bertz CT molecular complexity index is 1530. The first-order chi connectivity index (χ1) is 17.3. The molecule has 0 aliphatic rings. The van der Waals surface area contributed by atoms with Crippen LogP contribution in [-0.2, 0) is 13.1 Å². The van der Waals surface area contributed by atoms with Crippen LogP contribution in [0.4, 0.5) is 10.1 Å². The number of para-hydroxylation sites is 5. The number of fused-ring (bicyclic) bond motifs is 4. The van der Waals surface area contributed by atoms with Gasteiger partial charge in [-0.25, -0.2) is 9.37 Å². The predicted molar refractivity (Wildman–Crippen MR) is 142 cm³/mol. The maximum absolute atomic E-state index is 14.8. The number of imidazole rings is 1. The summed E-state index contributed by atoms with van der Waals surface area (Å²) in [4.78, 5) is 10.2. The van der Waals surface area contributed by atoms with E-state index in [2.05, 4.69) is 63.0 Å². The Morgan fingerprint density at radius 2 is 1.40 bits per heavy atom. The molecule has 0 spiro atoms. The number of hydrogen-bond acceptors (Lipinski definition) is 2. The molecule has 6 aromatic rings. The Balaban J connectivity index is 1.21. The molecule has 0 radical (unpaired) electrons. The van der Waals surface area contributed by atoms with E-state index in [1.54, 1.807) is 6.07 Å². The van der Waals surface area contributed by atoms with Crippen molar-refractivity contribution in [2.75, 3.05) is 11.4 Å². The zero-order valence-corrected chi connectivity index (χ0v) is 19.5. The first-order valence-corrected chi connectivity index (χ1v) is 12.2. The summed E-state index contributed by atoms with van der Waals surface area (Å²) in [6.07, 6.45) is 1.93. The minimum absolute atomic E-state index is 0.203. The number of hydrogen-bond donors (Lipinski definition) is 1. The van der Waals surface area contributed by atoms with Crippen molar-refractivity contribution in [3.05, 3.63) is 109 Å². The molecule has 0 bridgehead atoms. The SMILES string of the molecule is Fc1ccccc1N(CCCCn1c2ccccc2c2ccccc21)Cc1nc2ccccc2[nH]1. The van der Waals surface area contributed by atoms with Crippen molar-refractivity contribution in [3.63, 3.8) is 0 Å². The largest absolute Gasteiger partial charge is 0.362 e. The molecule has 0 unspecified atom stereocenters. The average molecular weight is 463 g/mol. The van der Waals surface area contributed by atoms with Crippen molar-refractivity contribution in [2.24, 2.45) is 0 Å². The van der Waals surface area contributed by atoms with Crippen LogP contribution >= 0.6 is 0 Å². The van der Waals surface area contributed by atoms with Crippen molar-refractivity contribution >= 4 is 38.5 Å². The second-order valence-corrected chi connectivity index (χ2v) is 8.97. The van der Waals surface area contributed by atoms with Gasteiger partial charge in [-0.1, -0.05) is 60.7 Å². The lowest BCUT2D eigenvalue weighted by molar-refractivity contribution is 0.590. The highest BCUT2D eigenvalue weighted by atomic mass is 19.1.